The summed E-state index contributed by atoms with van der Waals surface area (Å²) >= 11 is 0. The Kier molecular flexibility index (Phi) is 6.11. The van der Waals surface area contributed by atoms with Gasteiger partial charge in [-0.3, -0.25) is 0 Å². The number of nitrogens with zero attached hydrogens (tertiary/aromatic N) is 4. The smallest absolute Gasteiger partial charge is 0.162 e. The van der Waals surface area contributed by atoms with Crippen molar-refractivity contribution in [1.29, 1.82) is 0 Å². The van der Waals surface area contributed by atoms with Gasteiger partial charge in [-0.2, -0.15) is 0 Å². The average molecular weight is 434 g/mol. The molecule has 166 valence electrons. The van der Waals surface area contributed by atoms with Gasteiger partial charge in [-0.15, -0.1) is 0 Å². The lowest BCUT2D eigenvalue weighted by atomic mass is 10.0. The van der Waals surface area contributed by atoms with Gasteiger partial charge in [0.05, 0.1) is 39.6 Å². The number of aromatic nitrogens is 4. The molecule has 0 aliphatic carbocycles. The molecule has 4 rings (SSSR count). The number of fused-ring (bicyclic) bond motifs is 1. The maximum Gasteiger partial charge on any atom is 0.162 e. The molecule has 0 bridgehead atoms. The van der Waals surface area contributed by atoms with Gasteiger partial charge >= 0.3 is 0 Å². The standard InChI is InChI=1S/C24H26N4O4/c1-28-11-10-25-23(28)9-8-22-26-17-14-21(32-5)20(31-4)13-16(17)24(27-22)15-6-7-18(29-2)19(12-15)30-3/h6-7,10-14H,8-9H2,1-5H3. The monoisotopic (exact) mass is 434 g/mol. The van der Waals surface area contributed by atoms with Gasteiger partial charge in [-0.1, -0.05) is 0 Å². The van der Waals surface area contributed by atoms with Crippen molar-refractivity contribution in [3.05, 3.63) is 54.4 Å². The third-order valence-corrected chi connectivity index (χ3v) is 5.40. The van der Waals surface area contributed by atoms with Crippen LogP contribution < -0.4 is 18.9 Å². The van der Waals surface area contributed by atoms with Crippen LogP contribution in [0.5, 0.6) is 23.0 Å². The predicted octanol–water partition coefficient (Wildman–Crippen LogP) is 3.85. The van der Waals surface area contributed by atoms with E-state index in [2.05, 4.69) is 4.98 Å². The van der Waals surface area contributed by atoms with Gasteiger partial charge < -0.3 is 23.5 Å². The summed E-state index contributed by atoms with van der Waals surface area (Å²) in [5.41, 5.74) is 2.45. The van der Waals surface area contributed by atoms with Crippen LogP contribution in [0.3, 0.4) is 0 Å². The molecule has 0 amide bonds. The largest absolute Gasteiger partial charge is 0.493 e. The molecule has 0 radical (unpaired) electrons. The third-order valence-electron chi connectivity index (χ3n) is 5.40. The van der Waals surface area contributed by atoms with E-state index in [1.165, 1.54) is 0 Å². The fourth-order valence-corrected chi connectivity index (χ4v) is 3.68. The van der Waals surface area contributed by atoms with Crippen molar-refractivity contribution in [1.82, 2.24) is 19.5 Å². The van der Waals surface area contributed by atoms with E-state index in [-0.39, 0.29) is 0 Å². The summed E-state index contributed by atoms with van der Waals surface area (Å²) in [7, 11) is 8.44. The molecule has 8 nitrogen and oxygen atoms in total. The minimum Gasteiger partial charge on any atom is -0.493 e. The lowest BCUT2D eigenvalue weighted by molar-refractivity contribution is 0.355. The second-order valence-corrected chi connectivity index (χ2v) is 7.24. The fraction of sp³-hybridized carbons (Fsp3) is 0.292. The SMILES string of the molecule is COc1ccc(-c2nc(CCc3nccn3C)nc3cc(OC)c(OC)cc23)cc1OC. The van der Waals surface area contributed by atoms with Gasteiger partial charge in [0.25, 0.3) is 0 Å². The van der Waals surface area contributed by atoms with Crippen LogP contribution in [-0.4, -0.2) is 48.0 Å². The van der Waals surface area contributed by atoms with Crippen molar-refractivity contribution >= 4 is 10.9 Å². The summed E-state index contributed by atoms with van der Waals surface area (Å²) in [6.45, 7) is 0. The average Bonchev–Trinajstić information content (AvgIpc) is 3.25. The van der Waals surface area contributed by atoms with Crippen molar-refractivity contribution in [2.24, 2.45) is 7.05 Å². The Morgan fingerprint density at radius 3 is 2.12 bits per heavy atom. The highest BCUT2D eigenvalue weighted by Gasteiger charge is 2.17. The zero-order chi connectivity index (χ0) is 22.7. The lowest BCUT2D eigenvalue weighted by Crippen LogP contribution is -2.05. The molecule has 2 aromatic heterocycles. The quantitative estimate of drug-likeness (QED) is 0.417. The first-order chi connectivity index (χ1) is 15.6. The van der Waals surface area contributed by atoms with Crippen molar-refractivity contribution in [2.75, 3.05) is 28.4 Å². The highest BCUT2D eigenvalue weighted by molar-refractivity contribution is 5.94. The molecule has 0 unspecified atom stereocenters. The molecule has 0 fully saturated rings. The fourth-order valence-electron chi connectivity index (χ4n) is 3.68. The Labute approximate surface area is 186 Å². The molecular weight excluding hydrogens is 408 g/mol. The molecule has 0 N–H and O–H groups in total. The summed E-state index contributed by atoms with van der Waals surface area (Å²) in [4.78, 5) is 14.1. The van der Waals surface area contributed by atoms with E-state index in [9.17, 15) is 0 Å². The van der Waals surface area contributed by atoms with E-state index < -0.39 is 0 Å². The maximum absolute atomic E-state index is 5.52. The third kappa shape index (κ3) is 4.03. The molecule has 4 aromatic rings. The van der Waals surface area contributed by atoms with Crippen LogP contribution in [0.4, 0.5) is 0 Å². The normalized spacial score (nSPS) is 10.9. The molecule has 32 heavy (non-hydrogen) atoms. The summed E-state index contributed by atoms with van der Waals surface area (Å²) in [6, 6.07) is 9.53. The highest BCUT2D eigenvalue weighted by Crippen LogP contribution is 2.38. The Bertz CT molecular complexity index is 1250. The number of rotatable bonds is 8. The van der Waals surface area contributed by atoms with E-state index in [1.807, 2.05) is 48.1 Å². The molecule has 0 spiro atoms. The van der Waals surface area contributed by atoms with Crippen molar-refractivity contribution < 1.29 is 18.9 Å². The minimum atomic E-state index is 0.617. The molecule has 8 heteroatoms. The summed E-state index contributed by atoms with van der Waals surface area (Å²) < 4.78 is 23.9. The molecule has 0 saturated heterocycles. The van der Waals surface area contributed by atoms with Crippen LogP contribution in [0, 0.1) is 0 Å². The molecular formula is C24H26N4O4. The van der Waals surface area contributed by atoms with Crippen LogP contribution in [0.2, 0.25) is 0 Å². The number of hydrogen-bond acceptors (Lipinski definition) is 7. The van der Waals surface area contributed by atoms with E-state index in [0.29, 0.717) is 29.4 Å². The van der Waals surface area contributed by atoms with Crippen LogP contribution >= 0.6 is 0 Å². The highest BCUT2D eigenvalue weighted by atomic mass is 16.5. The van der Waals surface area contributed by atoms with Gasteiger partial charge in [-0.05, 0) is 24.3 Å². The first kappa shape index (κ1) is 21.4. The molecule has 0 aliphatic rings. The Hall–Kier alpha value is -3.81. The zero-order valence-electron chi connectivity index (χ0n) is 18.9. The molecule has 0 saturated carbocycles. The number of aryl methyl sites for hydroxylation is 3. The predicted molar refractivity (Wildman–Crippen MR) is 122 cm³/mol. The summed E-state index contributed by atoms with van der Waals surface area (Å²) in [6.07, 6.45) is 5.11. The van der Waals surface area contributed by atoms with Gasteiger partial charge in [0, 0.05) is 49.3 Å². The van der Waals surface area contributed by atoms with Crippen molar-refractivity contribution in [3.63, 3.8) is 0 Å². The van der Waals surface area contributed by atoms with Crippen LogP contribution in [-0.2, 0) is 19.9 Å². The zero-order valence-corrected chi connectivity index (χ0v) is 18.9. The van der Waals surface area contributed by atoms with Gasteiger partial charge in [0.2, 0.25) is 0 Å². The maximum atomic E-state index is 5.52. The van der Waals surface area contributed by atoms with E-state index in [4.69, 9.17) is 28.9 Å². The van der Waals surface area contributed by atoms with E-state index in [0.717, 1.165) is 40.2 Å². The molecule has 0 aliphatic heterocycles. The number of hydrogen-bond donors (Lipinski definition) is 0. The minimum absolute atomic E-state index is 0.617. The summed E-state index contributed by atoms with van der Waals surface area (Å²) in [5.74, 6) is 4.22. The number of ether oxygens (including phenoxy) is 4. The molecule has 2 heterocycles. The van der Waals surface area contributed by atoms with Gasteiger partial charge in [0.15, 0.2) is 23.0 Å². The second-order valence-electron chi connectivity index (χ2n) is 7.24. The number of methoxy groups -OCH3 is 4. The van der Waals surface area contributed by atoms with Gasteiger partial charge in [-0.25, -0.2) is 15.0 Å². The summed E-state index contributed by atoms with van der Waals surface area (Å²) in [5, 5.41) is 0.857. The molecule has 2 aromatic carbocycles. The lowest BCUT2D eigenvalue weighted by Gasteiger charge is -2.14. The Balaban J connectivity index is 1.87. The van der Waals surface area contributed by atoms with E-state index in [1.54, 1.807) is 34.6 Å². The van der Waals surface area contributed by atoms with Crippen molar-refractivity contribution in [3.8, 4) is 34.3 Å². The Morgan fingerprint density at radius 2 is 1.47 bits per heavy atom. The number of imidazole rings is 1. The van der Waals surface area contributed by atoms with Crippen LogP contribution in [0.1, 0.15) is 11.6 Å². The topological polar surface area (TPSA) is 80.5 Å². The van der Waals surface area contributed by atoms with Crippen molar-refractivity contribution in [2.45, 2.75) is 12.8 Å². The van der Waals surface area contributed by atoms with Crippen LogP contribution in [0.25, 0.3) is 22.2 Å². The molecule has 0 atom stereocenters. The van der Waals surface area contributed by atoms with Crippen LogP contribution in [0.15, 0.2) is 42.7 Å². The second kappa shape index (κ2) is 9.13. The number of benzene rings is 2. The first-order valence-electron chi connectivity index (χ1n) is 10.2. The van der Waals surface area contributed by atoms with Gasteiger partial charge in [0.1, 0.15) is 11.6 Å². The Morgan fingerprint density at radius 1 is 0.781 bits per heavy atom. The first-order valence-corrected chi connectivity index (χ1v) is 10.2. The van der Waals surface area contributed by atoms with E-state index >= 15 is 0 Å².